The molecule has 4 aromatic rings. The molecule has 3 aromatic carbocycles. The average Bonchev–Trinajstić information content (AvgIpc) is 2.98. The number of amides is 1. The molecule has 5 rings (SSSR count). The summed E-state index contributed by atoms with van der Waals surface area (Å²) in [6, 6.07) is 26.4. The van der Waals surface area contributed by atoms with Gasteiger partial charge in [-0.05, 0) is 50.3 Å². The van der Waals surface area contributed by atoms with Crippen molar-refractivity contribution in [1.29, 1.82) is 0 Å². The van der Waals surface area contributed by atoms with Crippen molar-refractivity contribution in [2.75, 3.05) is 18.0 Å². The normalized spacial score (nSPS) is 12.7. The van der Waals surface area contributed by atoms with Crippen molar-refractivity contribution in [1.82, 2.24) is 15.3 Å². The lowest BCUT2D eigenvalue weighted by Crippen LogP contribution is -2.32. The van der Waals surface area contributed by atoms with E-state index in [1.165, 1.54) is 5.56 Å². The molecule has 0 radical (unpaired) electrons. The Morgan fingerprint density at radius 1 is 0.850 bits per heavy atom. The Kier molecular flexibility index (Phi) is 9.46. The van der Waals surface area contributed by atoms with Crippen LogP contribution >= 0.6 is 11.6 Å². The molecule has 206 valence electrons. The van der Waals surface area contributed by atoms with Crippen molar-refractivity contribution < 1.29 is 4.79 Å². The molecule has 40 heavy (non-hydrogen) atoms. The topological polar surface area (TPSA) is 58.1 Å². The number of hydrogen-bond acceptors (Lipinski definition) is 4. The fourth-order valence-corrected chi connectivity index (χ4v) is 5.32. The van der Waals surface area contributed by atoms with Crippen molar-refractivity contribution >= 4 is 23.3 Å². The number of aryl methyl sites for hydroxylation is 2. The summed E-state index contributed by atoms with van der Waals surface area (Å²) >= 11 is 6.20. The van der Waals surface area contributed by atoms with Crippen molar-refractivity contribution in [2.45, 2.75) is 58.4 Å². The maximum Gasteiger partial charge on any atom is 0.220 e. The summed E-state index contributed by atoms with van der Waals surface area (Å²) in [5, 5.41) is 3.73. The van der Waals surface area contributed by atoms with Crippen LogP contribution in [0.2, 0.25) is 5.02 Å². The van der Waals surface area contributed by atoms with E-state index >= 15 is 0 Å². The van der Waals surface area contributed by atoms with E-state index in [-0.39, 0.29) is 5.91 Å². The number of carbonyl (C=O) groups excluding carboxylic acids is 1. The number of benzene rings is 3. The van der Waals surface area contributed by atoms with Gasteiger partial charge >= 0.3 is 0 Å². The maximum atomic E-state index is 12.2. The Balaban J connectivity index is 1.20. The number of nitrogens with zero attached hydrogens (tertiary/aromatic N) is 3. The van der Waals surface area contributed by atoms with Gasteiger partial charge in [-0.25, -0.2) is 9.97 Å². The molecule has 1 aliphatic heterocycles. The van der Waals surface area contributed by atoms with Crippen molar-refractivity contribution in [3.05, 3.63) is 101 Å². The van der Waals surface area contributed by atoms with E-state index in [0.717, 1.165) is 91.2 Å². The predicted octanol–water partition coefficient (Wildman–Crippen LogP) is 7.79. The fourth-order valence-electron chi connectivity index (χ4n) is 5.19. The monoisotopic (exact) mass is 552 g/mol. The van der Waals surface area contributed by atoms with Gasteiger partial charge in [0.05, 0.1) is 17.1 Å². The first kappa shape index (κ1) is 27.9. The second-order valence-corrected chi connectivity index (χ2v) is 11.0. The maximum absolute atomic E-state index is 12.2. The number of anilines is 1. The standard InChI is InChI=1S/C34H37ClN4O/c1-25-14-16-27(17-15-25)32-33(28-18-20-29(35)21-19-28)38-34-30(37-32)12-9-23-39(34)22-8-3-2-7-13-31(40)36-24-26-10-5-4-6-11-26/h4-6,10-11,14-21H,2-3,7-9,12-13,22-24H2,1H3,(H,36,40). The minimum atomic E-state index is 0.128. The third-order valence-electron chi connectivity index (χ3n) is 7.45. The summed E-state index contributed by atoms with van der Waals surface area (Å²) in [5.41, 5.74) is 7.35. The second kappa shape index (κ2) is 13.6. The first-order valence-corrected chi connectivity index (χ1v) is 14.7. The molecule has 5 nitrogen and oxygen atoms in total. The average molecular weight is 553 g/mol. The number of halogens is 1. The van der Waals surface area contributed by atoms with Gasteiger partial charge in [0.2, 0.25) is 5.91 Å². The summed E-state index contributed by atoms with van der Waals surface area (Å²) in [5.74, 6) is 1.13. The molecule has 0 saturated carbocycles. The predicted molar refractivity (Wildman–Crippen MR) is 165 cm³/mol. The lowest BCUT2D eigenvalue weighted by Gasteiger charge is -2.30. The zero-order valence-corrected chi connectivity index (χ0v) is 24.0. The highest BCUT2D eigenvalue weighted by Gasteiger charge is 2.23. The van der Waals surface area contributed by atoms with Gasteiger partial charge in [0.1, 0.15) is 0 Å². The van der Waals surface area contributed by atoms with Crippen LogP contribution in [-0.4, -0.2) is 29.0 Å². The summed E-state index contributed by atoms with van der Waals surface area (Å²) in [7, 11) is 0. The molecule has 0 aliphatic carbocycles. The lowest BCUT2D eigenvalue weighted by atomic mass is 10.0. The highest BCUT2D eigenvalue weighted by molar-refractivity contribution is 6.30. The third-order valence-corrected chi connectivity index (χ3v) is 7.70. The van der Waals surface area contributed by atoms with Crippen LogP contribution in [0.3, 0.4) is 0 Å². The number of carbonyl (C=O) groups is 1. The molecule has 0 fully saturated rings. The van der Waals surface area contributed by atoms with E-state index in [1.54, 1.807) is 0 Å². The van der Waals surface area contributed by atoms with Crippen molar-refractivity contribution in [3.8, 4) is 22.5 Å². The lowest BCUT2D eigenvalue weighted by molar-refractivity contribution is -0.121. The minimum absolute atomic E-state index is 0.128. The highest BCUT2D eigenvalue weighted by atomic mass is 35.5. The number of aromatic nitrogens is 2. The molecule has 1 aliphatic rings. The SMILES string of the molecule is Cc1ccc(-c2nc3c(nc2-c2ccc(Cl)cc2)N(CCCCCCC(=O)NCc2ccccc2)CCC3)cc1. The van der Waals surface area contributed by atoms with E-state index in [0.29, 0.717) is 18.0 Å². The Bertz CT molecular complexity index is 1400. The Hall–Kier alpha value is -3.70. The van der Waals surface area contributed by atoms with E-state index in [2.05, 4.69) is 41.4 Å². The van der Waals surface area contributed by atoms with Gasteiger partial charge in [-0.2, -0.15) is 0 Å². The van der Waals surface area contributed by atoms with Gasteiger partial charge in [0.15, 0.2) is 5.82 Å². The van der Waals surface area contributed by atoms with Crippen LogP contribution in [-0.2, 0) is 17.8 Å². The molecule has 0 spiro atoms. The quantitative estimate of drug-likeness (QED) is 0.193. The summed E-state index contributed by atoms with van der Waals surface area (Å²) in [4.78, 5) is 25.0. The van der Waals surface area contributed by atoms with Gasteiger partial charge in [-0.15, -0.1) is 0 Å². The van der Waals surface area contributed by atoms with Crippen molar-refractivity contribution in [3.63, 3.8) is 0 Å². The van der Waals surface area contributed by atoms with Gasteiger partial charge < -0.3 is 10.2 Å². The smallest absolute Gasteiger partial charge is 0.220 e. The van der Waals surface area contributed by atoms with Gasteiger partial charge in [0, 0.05) is 42.2 Å². The van der Waals surface area contributed by atoms with E-state index in [4.69, 9.17) is 21.6 Å². The summed E-state index contributed by atoms with van der Waals surface area (Å²) in [6.45, 7) is 4.64. The summed E-state index contributed by atoms with van der Waals surface area (Å²) in [6.07, 6.45) is 6.73. The van der Waals surface area contributed by atoms with Crippen LogP contribution in [0.4, 0.5) is 5.82 Å². The van der Waals surface area contributed by atoms with E-state index < -0.39 is 0 Å². The molecule has 0 atom stereocenters. The fraction of sp³-hybridized carbons (Fsp3) is 0.324. The van der Waals surface area contributed by atoms with E-state index in [9.17, 15) is 4.79 Å². The molecule has 0 unspecified atom stereocenters. The minimum Gasteiger partial charge on any atom is -0.355 e. The zero-order chi connectivity index (χ0) is 27.7. The molecule has 1 N–H and O–H groups in total. The zero-order valence-electron chi connectivity index (χ0n) is 23.2. The van der Waals surface area contributed by atoms with Crippen LogP contribution in [0.25, 0.3) is 22.5 Å². The van der Waals surface area contributed by atoms with Gasteiger partial charge in [-0.3, -0.25) is 4.79 Å². The van der Waals surface area contributed by atoms with Crippen LogP contribution in [0.1, 0.15) is 55.3 Å². The highest BCUT2D eigenvalue weighted by Crippen LogP contribution is 2.35. The Labute approximate surface area is 242 Å². The number of rotatable bonds is 11. The molecule has 6 heteroatoms. The number of hydrogen-bond donors (Lipinski definition) is 1. The molecule has 2 heterocycles. The number of unbranched alkanes of at least 4 members (excludes halogenated alkanes) is 3. The molecular weight excluding hydrogens is 516 g/mol. The first-order chi connectivity index (χ1) is 19.6. The van der Waals surface area contributed by atoms with Crippen LogP contribution in [0, 0.1) is 6.92 Å². The Morgan fingerprint density at radius 3 is 2.27 bits per heavy atom. The van der Waals surface area contributed by atoms with Crippen LogP contribution < -0.4 is 10.2 Å². The Morgan fingerprint density at radius 2 is 1.52 bits per heavy atom. The molecule has 0 bridgehead atoms. The van der Waals surface area contributed by atoms with Crippen LogP contribution in [0.15, 0.2) is 78.9 Å². The second-order valence-electron chi connectivity index (χ2n) is 10.6. The first-order valence-electron chi connectivity index (χ1n) is 14.4. The van der Waals surface area contributed by atoms with Gasteiger partial charge in [-0.1, -0.05) is 96.7 Å². The molecule has 0 saturated heterocycles. The largest absolute Gasteiger partial charge is 0.355 e. The number of nitrogens with one attached hydrogen (secondary N) is 1. The molecule has 1 aromatic heterocycles. The molecule has 1 amide bonds. The van der Waals surface area contributed by atoms with E-state index in [1.807, 2.05) is 54.6 Å². The molecular formula is C34H37ClN4O. The van der Waals surface area contributed by atoms with Crippen molar-refractivity contribution in [2.24, 2.45) is 0 Å². The third kappa shape index (κ3) is 7.28. The summed E-state index contributed by atoms with van der Waals surface area (Å²) < 4.78 is 0. The number of fused-ring (bicyclic) bond motifs is 1. The van der Waals surface area contributed by atoms with Gasteiger partial charge in [0.25, 0.3) is 0 Å². The van der Waals surface area contributed by atoms with Crippen LogP contribution in [0.5, 0.6) is 0 Å².